The van der Waals surface area contributed by atoms with Crippen molar-refractivity contribution in [1.82, 2.24) is 20.6 Å². The van der Waals surface area contributed by atoms with Gasteiger partial charge in [-0.15, -0.1) is 18.3 Å². The Kier molecular flexibility index (Phi) is 11.0. The average Bonchev–Trinajstić information content (AvgIpc) is 3.65. The third-order valence-corrected chi connectivity index (χ3v) is 9.87. The number of H-pyrrole nitrogens is 1. The van der Waals surface area contributed by atoms with Crippen molar-refractivity contribution in [3.8, 4) is 5.75 Å². The molecule has 0 bridgehead atoms. The number of hydrogen-bond acceptors (Lipinski definition) is 7. The summed E-state index contributed by atoms with van der Waals surface area (Å²) >= 11 is 0. The first-order valence-corrected chi connectivity index (χ1v) is 17.6. The molecule has 1 atom stereocenters. The Balaban J connectivity index is 1.26. The van der Waals surface area contributed by atoms with Crippen LogP contribution in [0.1, 0.15) is 65.1 Å². The summed E-state index contributed by atoms with van der Waals surface area (Å²) in [4.78, 5) is 27.9. The SMILES string of the molecule is O=C(Nc1nn[nH]n1)c1ccc(CN(C(=O)Nc2ccc(OC(F)(F)F)c(S(=O)Cc3ccccc3)c2)c2ccc(C3CCCCC3)cc2)cc1. The van der Waals surface area contributed by atoms with Crippen LogP contribution >= 0.6 is 0 Å². The maximum atomic E-state index is 14.0. The Morgan fingerprint density at radius 3 is 2.27 bits per heavy atom. The highest BCUT2D eigenvalue weighted by Gasteiger charge is 2.33. The lowest BCUT2D eigenvalue weighted by Gasteiger charge is -2.26. The van der Waals surface area contributed by atoms with Gasteiger partial charge in [0.25, 0.3) is 11.9 Å². The highest BCUT2D eigenvalue weighted by molar-refractivity contribution is 7.84. The van der Waals surface area contributed by atoms with E-state index in [-0.39, 0.29) is 28.8 Å². The van der Waals surface area contributed by atoms with Crippen LogP contribution in [0.3, 0.4) is 0 Å². The molecule has 3 amide bonds. The Morgan fingerprint density at radius 1 is 0.882 bits per heavy atom. The predicted octanol–water partition coefficient (Wildman–Crippen LogP) is 7.94. The molecule has 5 aromatic rings. The van der Waals surface area contributed by atoms with Crippen molar-refractivity contribution < 1.29 is 31.7 Å². The fourth-order valence-electron chi connectivity index (χ4n) is 5.94. The zero-order valence-corrected chi connectivity index (χ0v) is 28.0. The van der Waals surface area contributed by atoms with Crippen LogP contribution in [0.2, 0.25) is 0 Å². The number of carbonyl (C=O) groups excluding carboxylic acids is 2. The highest BCUT2D eigenvalue weighted by atomic mass is 32.2. The molecule has 11 nitrogen and oxygen atoms in total. The monoisotopic (exact) mass is 717 g/mol. The van der Waals surface area contributed by atoms with E-state index >= 15 is 0 Å². The van der Waals surface area contributed by atoms with Gasteiger partial charge in [0, 0.05) is 16.9 Å². The molecular weight excluding hydrogens is 684 g/mol. The first-order valence-electron chi connectivity index (χ1n) is 16.3. The summed E-state index contributed by atoms with van der Waals surface area (Å²) in [6.45, 7) is 0.0867. The Bertz CT molecular complexity index is 1950. The number of alkyl halides is 3. The molecule has 0 aliphatic heterocycles. The standard InChI is InChI=1S/C36H34F3N7O4S/c37-36(38,39)50-31-20-17-29(21-32(31)51(49)23-25-7-3-1-4-8-25)40-35(48)46(30-18-15-27(16-19-30)26-9-5-2-6-10-26)22-24-11-13-28(14-12-24)33(47)41-34-42-44-45-43-34/h1,3-4,7-8,11-21,26H,2,5-6,9-10,22-23H2,(H,40,48)(H2,41,42,43,44,45,47). The Morgan fingerprint density at radius 2 is 1.61 bits per heavy atom. The van der Waals surface area contributed by atoms with Gasteiger partial charge < -0.3 is 10.1 Å². The average molecular weight is 718 g/mol. The third-order valence-electron chi connectivity index (χ3n) is 8.46. The summed E-state index contributed by atoms with van der Waals surface area (Å²) in [7, 11) is -1.94. The van der Waals surface area contributed by atoms with Crippen LogP contribution in [0.15, 0.2) is 102 Å². The second-order valence-corrected chi connectivity index (χ2v) is 13.4. The third kappa shape index (κ3) is 9.57. The quantitative estimate of drug-likeness (QED) is 0.126. The van der Waals surface area contributed by atoms with E-state index in [4.69, 9.17) is 0 Å². The molecule has 15 heteroatoms. The number of aromatic amines is 1. The van der Waals surface area contributed by atoms with Crippen LogP contribution in [-0.2, 0) is 23.1 Å². The van der Waals surface area contributed by atoms with E-state index in [0.29, 0.717) is 28.3 Å². The molecule has 1 aliphatic carbocycles. The second-order valence-electron chi connectivity index (χ2n) is 12.0. The topological polar surface area (TPSA) is 142 Å². The van der Waals surface area contributed by atoms with E-state index in [1.165, 1.54) is 41.9 Å². The zero-order valence-electron chi connectivity index (χ0n) is 27.2. The minimum absolute atomic E-state index is 0.0219. The zero-order chi connectivity index (χ0) is 35.8. The summed E-state index contributed by atoms with van der Waals surface area (Å²) < 4.78 is 57.5. The molecule has 1 heterocycles. The van der Waals surface area contributed by atoms with E-state index in [0.717, 1.165) is 18.9 Å². The largest absolute Gasteiger partial charge is 0.573 e. The lowest BCUT2D eigenvalue weighted by molar-refractivity contribution is -0.275. The molecule has 0 saturated heterocycles. The molecule has 1 aliphatic rings. The van der Waals surface area contributed by atoms with Gasteiger partial charge in [-0.3, -0.25) is 19.2 Å². The molecule has 1 fully saturated rings. The van der Waals surface area contributed by atoms with Crippen molar-refractivity contribution in [2.45, 2.75) is 61.6 Å². The number of rotatable bonds is 11. The van der Waals surface area contributed by atoms with Crippen molar-refractivity contribution in [2.24, 2.45) is 0 Å². The van der Waals surface area contributed by atoms with E-state index in [1.807, 2.05) is 24.3 Å². The van der Waals surface area contributed by atoms with E-state index in [2.05, 4.69) is 36.0 Å². The molecule has 1 saturated carbocycles. The summed E-state index contributed by atoms with van der Waals surface area (Å²) in [5, 5.41) is 18.4. The van der Waals surface area contributed by atoms with Gasteiger partial charge in [-0.05, 0) is 83.1 Å². The summed E-state index contributed by atoms with van der Waals surface area (Å²) in [5.74, 6) is -0.653. The van der Waals surface area contributed by atoms with Crippen molar-refractivity contribution in [3.63, 3.8) is 0 Å². The van der Waals surface area contributed by atoms with E-state index < -0.39 is 34.8 Å². The molecule has 51 heavy (non-hydrogen) atoms. The number of ether oxygens (including phenoxy) is 1. The fourth-order valence-corrected chi connectivity index (χ4v) is 7.19. The van der Waals surface area contributed by atoms with E-state index in [1.54, 1.807) is 54.6 Å². The lowest BCUT2D eigenvalue weighted by atomic mass is 9.84. The Labute approximate surface area is 294 Å². The van der Waals surface area contributed by atoms with E-state index in [9.17, 15) is 27.0 Å². The maximum Gasteiger partial charge on any atom is 0.573 e. The normalized spacial score (nSPS) is 14.0. The maximum absolute atomic E-state index is 14.0. The second kappa shape index (κ2) is 16.0. The van der Waals surface area contributed by atoms with Crippen LogP contribution in [0.5, 0.6) is 5.75 Å². The minimum atomic E-state index is -5.01. The van der Waals surface area contributed by atoms with Crippen molar-refractivity contribution in [1.29, 1.82) is 0 Å². The lowest BCUT2D eigenvalue weighted by Crippen LogP contribution is -2.34. The van der Waals surface area contributed by atoms with Crippen molar-refractivity contribution in [3.05, 3.63) is 119 Å². The smallest absolute Gasteiger partial charge is 0.404 e. The number of hydrogen-bond donors (Lipinski definition) is 3. The number of carbonyl (C=O) groups is 2. The van der Waals surface area contributed by atoms with Gasteiger partial charge in [-0.1, -0.05) is 79.0 Å². The summed E-state index contributed by atoms with van der Waals surface area (Å²) in [5.41, 5.74) is 3.58. The number of benzene rings is 4. The summed E-state index contributed by atoms with van der Waals surface area (Å²) in [6, 6.07) is 26.1. The van der Waals surface area contributed by atoms with Crippen LogP contribution in [0.4, 0.5) is 35.3 Å². The number of tetrazole rings is 1. The minimum Gasteiger partial charge on any atom is -0.404 e. The summed E-state index contributed by atoms with van der Waals surface area (Å²) in [6.07, 6.45) is 0.783. The molecule has 6 rings (SSSR count). The van der Waals surface area contributed by atoms with Crippen LogP contribution in [0.25, 0.3) is 0 Å². The van der Waals surface area contributed by atoms with Crippen LogP contribution in [0, 0.1) is 0 Å². The molecule has 264 valence electrons. The molecular formula is C36H34F3N7O4S. The van der Waals surface area contributed by atoms with Crippen LogP contribution in [-0.4, -0.2) is 43.1 Å². The number of urea groups is 1. The van der Waals surface area contributed by atoms with Gasteiger partial charge in [-0.25, -0.2) is 4.79 Å². The van der Waals surface area contributed by atoms with Crippen molar-refractivity contribution in [2.75, 3.05) is 15.5 Å². The molecule has 4 aromatic carbocycles. The molecule has 1 unspecified atom stereocenters. The van der Waals surface area contributed by atoms with Gasteiger partial charge in [-0.2, -0.15) is 5.21 Å². The first kappa shape index (κ1) is 35.3. The number of nitrogens with zero attached hydrogens (tertiary/aromatic N) is 4. The van der Waals surface area contributed by atoms with Crippen molar-refractivity contribution >= 4 is 40.1 Å². The highest BCUT2D eigenvalue weighted by Crippen LogP contribution is 2.35. The Hall–Kier alpha value is -5.57. The first-order chi connectivity index (χ1) is 24.6. The molecule has 1 aromatic heterocycles. The fraction of sp³-hybridized carbons (Fsp3) is 0.250. The molecule has 0 radical (unpaired) electrons. The van der Waals surface area contributed by atoms with Gasteiger partial charge in [0.05, 0.1) is 28.0 Å². The number of halogens is 3. The number of amides is 3. The number of nitrogens with one attached hydrogen (secondary N) is 3. The van der Waals surface area contributed by atoms with Gasteiger partial charge in [0.1, 0.15) is 5.75 Å². The van der Waals surface area contributed by atoms with Gasteiger partial charge >= 0.3 is 12.4 Å². The van der Waals surface area contributed by atoms with Gasteiger partial charge in [0.15, 0.2) is 0 Å². The van der Waals surface area contributed by atoms with Gasteiger partial charge in [0.2, 0.25) is 0 Å². The van der Waals surface area contributed by atoms with Crippen LogP contribution < -0.4 is 20.3 Å². The molecule has 3 N–H and O–H groups in total. The number of aromatic nitrogens is 4. The molecule has 0 spiro atoms. The predicted molar refractivity (Wildman–Crippen MR) is 186 cm³/mol. The number of anilines is 3.